The number of hydrogen-bond donors (Lipinski definition) is 1. The van der Waals surface area contributed by atoms with Crippen LogP contribution in [-0.4, -0.2) is 48.9 Å². The molecule has 156 valence electrons. The van der Waals surface area contributed by atoms with Gasteiger partial charge in [0.1, 0.15) is 0 Å². The van der Waals surface area contributed by atoms with E-state index in [4.69, 9.17) is 4.74 Å². The Kier molecular flexibility index (Phi) is 5.66. The average molecular weight is 391 g/mol. The molecule has 6 heteroatoms. The number of esters is 1. The van der Waals surface area contributed by atoms with Crippen molar-refractivity contribution in [2.24, 2.45) is 29.1 Å². The number of amides is 2. The number of carbonyl (C=O) groups is 3. The van der Waals surface area contributed by atoms with Gasteiger partial charge < -0.3 is 15.0 Å². The van der Waals surface area contributed by atoms with Crippen molar-refractivity contribution in [1.82, 2.24) is 10.2 Å². The zero-order valence-electron chi connectivity index (χ0n) is 17.1. The Balaban J connectivity index is 1.24. The van der Waals surface area contributed by atoms with E-state index in [-0.39, 0.29) is 35.7 Å². The Morgan fingerprint density at radius 3 is 2.32 bits per heavy atom. The highest BCUT2D eigenvalue weighted by Crippen LogP contribution is 2.61. The summed E-state index contributed by atoms with van der Waals surface area (Å²) >= 11 is 0. The smallest absolute Gasteiger partial charge is 0.310 e. The van der Waals surface area contributed by atoms with Crippen molar-refractivity contribution in [2.45, 2.75) is 64.7 Å². The first kappa shape index (κ1) is 19.7. The average Bonchev–Trinajstić information content (AvgIpc) is 2.65. The summed E-state index contributed by atoms with van der Waals surface area (Å²) in [6.45, 7) is 3.26. The molecule has 0 aromatic heterocycles. The topological polar surface area (TPSA) is 75.7 Å². The predicted octanol–water partition coefficient (Wildman–Crippen LogP) is 2.51. The van der Waals surface area contributed by atoms with Crippen molar-refractivity contribution in [3.63, 3.8) is 0 Å². The number of hydrogen-bond acceptors (Lipinski definition) is 4. The van der Waals surface area contributed by atoms with Crippen LogP contribution in [0.5, 0.6) is 0 Å². The highest BCUT2D eigenvalue weighted by Gasteiger charge is 2.51. The Morgan fingerprint density at radius 2 is 1.71 bits per heavy atom. The van der Waals surface area contributed by atoms with E-state index in [0.29, 0.717) is 26.1 Å². The maximum atomic E-state index is 12.6. The molecule has 5 rings (SSSR count). The predicted molar refractivity (Wildman–Crippen MR) is 104 cm³/mol. The zero-order valence-corrected chi connectivity index (χ0v) is 17.1. The van der Waals surface area contributed by atoms with Crippen molar-refractivity contribution in [3.05, 3.63) is 0 Å². The van der Waals surface area contributed by atoms with Crippen molar-refractivity contribution in [1.29, 1.82) is 0 Å². The molecular formula is C22H34N2O4. The van der Waals surface area contributed by atoms with E-state index in [9.17, 15) is 14.4 Å². The van der Waals surface area contributed by atoms with Gasteiger partial charge in [0.15, 0.2) is 0 Å². The van der Waals surface area contributed by atoms with E-state index in [1.807, 2.05) is 0 Å². The molecule has 5 fully saturated rings. The molecule has 2 amide bonds. The quantitative estimate of drug-likeness (QED) is 0.707. The van der Waals surface area contributed by atoms with E-state index in [2.05, 4.69) is 5.32 Å². The lowest BCUT2D eigenvalue weighted by Crippen LogP contribution is -2.49. The van der Waals surface area contributed by atoms with Crippen LogP contribution in [0.3, 0.4) is 0 Å². The summed E-state index contributed by atoms with van der Waals surface area (Å²) in [4.78, 5) is 38.8. The van der Waals surface area contributed by atoms with E-state index < -0.39 is 0 Å². The lowest BCUT2D eigenvalue weighted by molar-refractivity contribution is -0.151. The summed E-state index contributed by atoms with van der Waals surface area (Å²) in [5.41, 5.74) is 0.196. The van der Waals surface area contributed by atoms with Crippen molar-refractivity contribution < 1.29 is 19.1 Å². The molecule has 28 heavy (non-hydrogen) atoms. The Bertz CT molecular complexity index is 597. The second-order valence-electron chi connectivity index (χ2n) is 9.80. The Labute approximate surface area is 167 Å². The maximum absolute atomic E-state index is 12.6. The molecule has 0 aromatic rings. The van der Waals surface area contributed by atoms with E-state index in [1.54, 1.807) is 11.8 Å². The molecule has 6 nitrogen and oxygen atoms in total. The SMILES string of the molecule is CCOC(=O)C1CCCN(C(=O)CNC(=O)CC23CC4CC(CC(C4)C2)C3)C1. The second kappa shape index (κ2) is 8.03. The first-order valence-electron chi connectivity index (χ1n) is 11.2. The normalized spacial score (nSPS) is 36.2. The van der Waals surface area contributed by atoms with Crippen molar-refractivity contribution >= 4 is 17.8 Å². The van der Waals surface area contributed by atoms with Crippen LogP contribution in [0.25, 0.3) is 0 Å². The first-order valence-corrected chi connectivity index (χ1v) is 11.2. The zero-order chi connectivity index (χ0) is 19.7. The van der Waals surface area contributed by atoms with Crippen LogP contribution in [0.4, 0.5) is 0 Å². The third-order valence-electron chi connectivity index (χ3n) is 7.53. The van der Waals surface area contributed by atoms with Gasteiger partial charge in [-0.2, -0.15) is 0 Å². The van der Waals surface area contributed by atoms with Crippen LogP contribution >= 0.6 is 0 Å². The molecule has 1 saturated heterocycles. The number of rotatable bonds is 6. The van der Waals surface area contributed by atoms with Gasteiger partial charge in [-0.25, -0.2) is 0 Å². The first-order chi connectivity index (χ1) is 13.5. The van der Waals surface area contributed by atoms with Crippen LogP contribution < -0.4 is 5.32 Å². The van der Waals surface area contributed by atoms with Crippen molar-refractivity contribution in [2.75, 3.05) is 26.2 Å². The lowest BCUT2D eigenvalue weighted by atomic mass is 9.49. The number of likely N-dealkylation sites (tertiary alicyclic amines) is 1. The highest BCUT2D eigenvalue weighted by molar-refractivity contribution is 5.85. The van der Waals surface area contributed by atoms with Gasteiger partial charge in [-0.05, 0) is 81.5 Å². The number of nitrogens with zero attached hydrogens (tertiary/aromatic N) is 1. The molecule has 4 aliphatic carbocycles. The van der Waals surface area contributed by atoms with Gasteiger partial charge in [0.05, 0.1) is 19.1 Å². The Morgan fingerprint density at radius 1 is 1.07 bits per heavy atom. The standard InChI is InChI=1S/C22H34N2O4/c1-2-28-21(27)18-4-3-5-24(14-18)20(26)13-23-19(25)12-22-9-15-6-16(10-22)8-17(7-15)11-22/h15-18H,2-14H2,1H3,(H,23,25). The molecule has 0 spiro atoms. The third-order valence-corrected chi connectivity index (χ3v) is 7.53. The third kappa shape index (κ3) is 4.20. The summed E-state index contributed by atoms with van der Waals surface area (Å²) < 4.78 is 5.10. The fourth-order valence-corrected chi connectivity index (χ4v) is 6.85. The Hall–Kier alpha value is -1.59. The van der Waals surface area contributed by atoms with Gasteiger partial charge in [-0.1, -0.05) is 0 Å². The molecule has 4 saturated carbocycles. The number of ether oxygens (including phenoxy) is 1. The minimum absolute atomic E-state index is 0.0225. The molecule has 1 aliphatic heterocycles. The van der Waals surface area contributed by atoms with Gasteiger partial charge >= 0.3 is 5.97 Å². The molecule has 0 radical (unpaired) electrons. The minimum atomic E-state index is -0.236. The molecular weight excluding hydrogens is 356 g/mol. The lowest BCUT2D eigenvalue weighted by Gasteiger charge is -2.56. The fraction of sp³-hybridized carbons (Fsp3) is 0.864. The van der Waals surface area contributed by atoms with Crippen LogP contribution in [0, 0.1) is 29.1 Å². The number of carbonyl (C=O) groups excluding carboxylic acids is 3. The summed E-state index contributed by atoms with van der Waals surface area (Å²) in [6.07, 6.45) is 9.86. The molecule has 1 heterocycles. The molecule has 4 bridgehead atoms. The fourth-order valence-electron chi connectivity index (χ4n) is 6.85. The van der Waals surface area contributed by atoms with Gasteiger partial charge in [-0.15, -0.1) is 0 Å². The van der Waals surface area contributed by atoms with Crippen LogP contribution in [0.2, 0.25) is 0 Å². The van der Waals surface area contributed by atoms with E-state index in [1.165, 1.54) is 38.5 Å². The maximum Gasteiger partial charge on any atom is 0.310 e. The van der Waals surface area contributed by atoms with Gasteiger partial charge in [0.2, 0.25) is 11.8 Å². The van der Waals surface area contributed by atoms with Crippen LogP contribution in [0.15, 0.2) is 0 Å². The van der Waals surface area contributed by atoms with Gasteiger partial charge in [0, 0.05) is 19.5 Å². The van der Waals surface area contributed by atoms with Crippen LogP contribution in [-0.2, 0) is 19.1 Å². The molecule has 1 unspecified atom stereocenters. The summed E-state index contributed by atoms with van der Waals surface area (Å²) in [5.74, 6) is 1.96. The van der Waals surface area contributed by atoms with Gasteiger partial charge in [-0.3, -0.25) is 14.4 Å². The summed E-state index contributed by atoms with van der Waals surface area (Å²) in [5, 5.41) is 2.88. The van der Waals surface area contributed by atoms with E-state index >= 15 is 0 Å². The molecule has 5 aliphatic rings. The number of piperidine rings is 1. The van der Waals surface area contributed by atoms with Crippen LogP contribution in [0.1, 0.15) is 64.7 Å². The number of nitrogens with one attached hydrogen (secondary N) is 1. The molecule has 1 atom stereocenters. The molecule has 0 aromatic carbocycles. The summed E-state index contributed by atoms with van der Waals surface area (Å²) in [6, 6.07) is 0. The highest BCUT2D eigenvalue weighted by atomic mass is 16.5. The van der Waals surface area contributed by atoms with Gasteiger partial charge in [0.25, 0.3) is 0 Å². The van der Waals surface area contributed by atoms with Crippen molar-refractivity contribution in [3.8, 4) is 0 Å². The monoisotopic (exact) mass is 390 g/mol. The largest absolute Gasteiger partial charge is 0.466 e. The van der Waals surface area contributed by atoms with E-state index in [0.717, 1.165) is 30.6 Å². The second-order valence-corrected chi connectivity index (χ2v) is 9.80. The molecule has 1 N–H and O–H groups in total. The minimum Gasteiger partial charge on any atom is -0.466 e. The summed E-state index contributed by atoms with van der Waals surface area (Å²) in [7, 11) is 0.